The Morgan fingerprint density at radius 2 is 2.05 bits per heavy atom. The van der Waals surface area contributed by atoms with Crippen molar-refractivity contribution in [3.8, 4) is 0 Å². The molecule has 3 heteroatoms. The molecule has 3 rings (SSSR count). The highest BCUT2D eigenvalue weighted by molar-refractivity contribution is 5.76. The lowest BCUT2D eigenvalue weighted by molar-refractivity contribution is -0.132. The highest BCUT2D eigenvalue weighted by atomic mass is 16.2. The average Bonchev–Trinajstić information content (AvgIpc) is 2.53. The van der Waals surface area contributed by atoms with Crippen LogP contribution in [0.15, 0.2) is 18.2 Å². The number of carbonyl (C=O) groups excluding carboxylic acids is 1. The molecule has 1 aromatic carbocycles. The second-order valence-electron chi connectivity index (χ2n) is 5.92. The molecule has 0 aromatic heterocycles. The number of piperidine rings is 1. The minimum absolute atomic E-state index is 0.339. The van der Waals surface area contributed by atoms with Gasteiger partial charge < -0.3 is 10.2 Å². The predicted molar refractivity (Wildman–Crippen MR) is 80.6 cm³/mol. The first-order chi connectivity index (χ1) is 9.84. The molecule has 2 heterocycles. The molecule has 0 radical (unpaired) electrons. The molecule has 3 nitrogen and oxygen atoms in total. The van der Waals surface area contributed by atoms with Crippen molar-refractivity contribution in [2.24, 2.45) is 0 Å². The SMILES string of the molecule is O=C(CCc1cccc2c1CNCC2)N1CCCCC1. The van der Waals surface area contributed by atoms with Gasteiger partial charge in [0.15, 0.2) is 0 Å². The van der Waals surface area contributed by atoms with E-state index in [1.807, 2.05) is 0 Å². The molecule has 1 saturated heterocycles. The number of carbonyl (C=O) groups is 1. The first-order valence-corrected chi connectivity index (χ1v) is 7.93. The van der Waals surface area contributed by atoms with E-state index in [4.69, 9.17) is 0 Å². The Bertz CT molecular complexity index is 478. The quantitative estimate of drug-likeness (QED) is 0.915. The number of likely N-dealkylation sites (tertiary alicyclic amines) is 1. The number of amides is 1. The molecule has 2 aliphatic heterocycles. The van der Waals surface area contributed by atoms with E-state index in [1.165, 1.54) is 36.0 Å². The van der Waals surface area contributed by atoms with Gasteiger partial charge in [0.05, 0.1) is 0 Å². The second-order valence-corrected chi connectivity index (χ2v) is 5.92. The van der Waals surface area contributed by atoms with Crippen molar-refractivity contribution < 1.29 is 4.79 Å². The molecule has 0 aliphatic carbocycles. The van der Waals surface area contributed by atoms with Gasteiger partial charge in [-0.1, -0.05) is 18.2 Å². The fourth-order valence-electron chi connectivity index (χ4n) is 3.36. The lowest BCUT2D eigenvalue weighted by Crippen LogP contribution is -2.35. The number of nitrogens with zero attached hydrogens (tertiary/aromatic N) is 1. The van der Waals surface area contributed by atoms with Crippen LogP contribution in [0.2, 0.25) is 0 Å². The molecule has 0 bridgehead atoms. The fraction of sp³-hybridized carbons (Fsp3) is 0.588. The minimum atomic E-state index is 0.339. The Balaban J connectivity index is 1.62. The van der Waals surface area contributed by atoms with Gasteiger partial charge in [-0.15, -0.1) is 0 Å². The largest absolute Gasteiger partial charge is 0.343 e. The summed E-state index contributed by atoms with van der Waals surface area (Å²) < 4.78 is 0. The number of nitrogens with one attached hydrogen (secondary N) is 1. The number of hydrogen-bond acceptors (Lipinski definition) is 2. The first-order valence-electron chi connectivity index (χ1n) is 7.93. The van der Waals surface area contributed by atoms with Crippen LogP contribution in [0.25, 0.3) is 0 Å². The Morgan fingerprint density at radius 1 is 1.20 bits per heavy atom. The summed E-state index contributed by atoms with van der Waals surface area (Å²) in [7, 11) is 0. The van der Waals surface area contributed by atoms with Gasteiger partial charge in [-0.05, 0) is 55.3 Å². The summed E-state index contributed by atoms with van der Waals surface area (Å²) in [4.78, 5) is 14.3. The van der Waals surface area contributed by atoms with Gasteiger partial charge in [-0.2, -0.15) is 0 Å². The Labute approximate surface area is 121 Å². The molecule has 2 aliphatic rings. The van der Waals surface area contributed by atoms with E-state index in [2.05, 4.69) is 28.4 Å². The van der Waals surface area contributed by atoms with Crippen LogP contribution in [0, 0.1) is 0 Å². The van der Waals surface area contributed by atoms with Crippen molar-refractivity contribution in [3.05, 3.63) is 34.9 Å². The third kappa shape index (κ3) is 3.04. The highest BCUT2D eigenvalue weighted by Gasteiger charge is 2.17. The molecule has 1 aromatic rings. The maximum atomic E-state index is 12.2. The lowest BCUT2D eigenvalue weighted by Gasteiger charge is -2.27. The van der Waals surface area contributed by atoms with Crippen LogP contribution in [0.4, 0.5) is 0 Å². The minimum Gasteiger partial charge on any atom is -0.343 e. The van der Waals surface area contributed by atoms with Crippen LogP contribution >= 0.6 is 0 Å². The summed E-state index contributed by atoms with van der Waals surface area (Å²) in [6.07, 6.45) is 6.30. The van der Waals surface area contributed by atoms with Gasteiger partial charge in [0.2, 0.25) is 5.91 Å². The van der Waals surface area contributed by atoms with Crippen LogP contribution in [-0.4, -0.2) is 30.4 Å². The zero-order chi connectivity index (χ0) is 13.8. The summed E-state index contributed by atoms with van der Waals surface area (Å²) >= 11 is 0. The molecule has 20 heavy (non-hydrogen) atoms. The average molecular weight is 272 g/mol. The van der Waals surface area contributed by atoms with Crippen LogP contribution in [0.5, 0.6) is 0 Å². The summed E-state index contributed by atoms with van der Waals surface area (Å²) in [5.74, 6) is 0.339. The Kier molecular flexibility index (Phi) is 4.36. The van der Waals surface area contributed by atoms with E-state index in [-0.39, 0.29) is 0 Å². The van der Waals surface area contributed by atoms with Gasteiger partial charge in [0, 0.05) is 26.1 Å². The lowest BCUT2D eigenvalue weighted by atomic mass is 9.93. The summed E-state index contributed by atoms with van der Waals surface area (Å²) in [5.41, 5.74) is 4.26. The van der Waals surface area contributed by atoms with Gasteiger partial charge >= 0.3 is 0 Å². The van der Waals surface area contributed by atoms with E-state index in [9.17, 15) is 4.79 Å². The van der Waals surface area contributed by atoms with Crippen LogP contribution in [0.3, 0.4) is 0 Å². The fourth-order valence-corrected chi connectivity index (χ4v) is 3.36. The van der Waals surface area contributed by atoms with E-state index >= 15 is 0 Å². The molecule has 0 spiro atoms. The Hall–Kier alpha value is -1.35. The topological polar surface area (TPSA) is 32.3 Å². The molecule has 0 atom stereocenters. The maximum Gasteiger partial charge on any atom is 0.222 e. The standard InChI is InChI=1S/C17H24N2O/c20-17(19-11-2-1-3-12-19)8-7-14-5-4-6-15-9-10-18-13-16(14)15/h4-6,18H,1-3,7-13H2. The van der Waals surface area contributed by atoms with Crippen molar-refractivity contribution in [1.29, 1.82) is 0 Å². The number of rotatable bonds is 3. The van der Waals surface area contributed by atoms with Gasteiger partial charge in [-0.3, -0.25) is 4.79 Å². The number of benzene rings is 1. The molecule has 108 valence electrons. The van der Waals surface area contributed by atoms with Crippen LogP contribution < -0.4 is 5.32 Å². The molecule has 1 N–H and O–H groups in total. The van der Waals surface area contributed by atoms with Gasteiger partial charge in [-0.25, -0.2) is 0 Å². The van der Waals surface area contributed by atoms with Crippen molar-refractivity contribution in [3.63, 3.8) is 0 Å². The summed E-state index contributed by atoms with van der Waals surface area (Å²) in [6, 6.07) is 6.56. The molecule has 0 saturated carbocycles. The summed E-state index contributed by atoms with van der Waals surface area (Å²) in [6.45, 7) is 3.97. The molecule has 1 fully saturated rings. The van der Waals surface area contributed by atoms with E-state index in [0.29, 0.717) is 12.3 Å². The summed E-state index contributed by atoms with van der Waals surface area (Å²) in [5, 5.41) is 3.44. The molecular formula is C17H24N2O. The van der Waals surface area contributed by atoms with E-state index in [1.54, 1.807) is 0 Å². The van der Waals surface area contributed by atoms with Crippen LogP contribution in [-0.2, 0) is 24.2 Å². The normalized spacial score (nSPS) is 18.7. The van der Waals surface area contributed by atoms with E-state index in [0.717, 1.165) is 39.0 Å². The highest BCUT2D eigenvalue weighted by Crippen LogP contribution is 2.20. The van der Waals surface area contributed by atoms with Gasteiger partial charge in [0.25, 0.3) is 0 Å². The van der Waals surface area contributed by atoms with Crippen LogP contribution in [0.1, 0.15) is 42.4 Å². The number of aryl methyl sites for hydroxylation is 1. The van der Waals surface area contributed by atoms with Crippen molar-refractivity contribution in [2.75, 3.05) is 19.6 Å². The maximum absolute atomic E-state index is 12.2. The molecular weight excluding hydrogens is 248 g/mol. The smallest absolute Gasteiger partial charge is 0.222 e. The van der Waals surface area contributed by atoms with Crippen molar-refractivity contribution >= 4 is 5.91 Å². The van der Waals surface area contributed by atoms with Crippen molar-refractivity contribution in [2.45, 2.75) is 45.1 Å². The third-order valence-corrected chi connectivity index (χ3v) is 4.56. The predicted octanol–water partition coefficient (Wildman–Crippen LogP) is 2.28. The first kappa shape index (κ1) is 13.6. The zero-order valence-electron chi connectivity index (χ0n) is 12.2. The zero-order valence-corrected chi connectivity index (χ0v) is 12.2. The van der Waals surface area contributed by atoms with Gasteiger partial charge in [0.1, 0.15) is 0 Å². The Morgan fingerprint density at radius 3 is 2.90 bits per heavy atom. The molecule has 1 amide bonds. The molecule has 0 unspecified atom stereocenters. The van der Waals surface area contributed by atoms with E-state index < -0.39 is 0 Å². The number of hydrogen-bond donors (Lipinski definition) is 1. The monoisotopic (exact) mass is 272 g/mol. The third-order valence-electron chi connectivity index (χ3n) is 4.56. The van der Waals surface area contributed by atoms with Crippen molar-refractivity contribution in [1.82, 2.24) is 10.2 Å². The second kappa shape index (κ2) is 6.40. The number of fused-ring (bicyclic) bond motifs is 1.